The molecule has 0 amide bonds. The molecule has 0 fully saturated rings. The van der Waals surface area contributed by atoms with Crippen LogP contribution in [0.3, 0.4) is 0 Å². The fraction of sp³-hybridized carbons (Fsp3) is 0.304. The van der Waals surface area contributed by atoms with Gasteiger partial charge in [-0.25, -0.2) is 4.68 Å². The number of carbonyl (C=O) groups excluding carboxylic acids is 1. The monoisotopic (exact) mass is 428 g/mol. The smallest absolute Gasteiger partial charge is 0.317 e. The number of ether oxygens (including phenoxy) is 1. The van der Waals surface area contributed by atoms with Crippen LogP contribution < -0.4 is 4.74 Å². The minimum Gasteiger partial charge on any atom is -0.406 e. The van der Waals surface area contributed by atoms with Crippen molar-refractivity contribution in [3.05, 3.63) is 70.4 Å². The van der Waals surface area contributed by atoms with Gasteiger partial charge < -0.3 is 4.74 Å². The number of aryl methyl sites for hydroxylation is 2. The molecule has 0 unspecified atom stereocenters. The van der Waals surface area contributed by atoms with Crippen molar-refractivity contribution in [1.29, 1.82) is 0 Å². The zero-order valence-corrected chi connectivity index (χ0v) is 18.9. The molecule has 0 atom stereocenters. The zero-order chi connectivity index (χ0) is 21.2. The van der Waals surface area contributed by atoms with Crippen LogP contribution in [-0.4, -0.2) is 15.7 Å². The Morgan fingerprint density at radius 2 is 1.83 bits per heavy atom. The first-order valence-electron chi connectivity index (χ1n) is 9.43. The number of hydrogen-bond acceptors (Lipinski definition) is 4. The van der Waals surface area contributed by atoms with Gasteiger partial charge in [-0.15, -0.1) is 0 Å². The summed E-state index contributed by atoms with van der Waals surface area (Å²) in [6.07, 6.45) is 0.209. The lowest BCUT2D eigenvalue weighted by atomic mass is 10.1. The van der Waals surface area contributed by atoms with Crippen LogP contribution in [0, 0.1) is 13.8 Å². The maximum atomic E-state index is 12.7. The number of aromatic nitrogens is 2. The molecule has 0 bridgehead atoms. The molecule has 0 aliphatic rings. The van der Waals surface area contributed by atoms with Crippen molar-refractivity contribution < 1.29 is 9.53 Å². The summed E-state index contributed by atoms with van der Waals surface area (Å²) in [5.41, 5.74) is 2.53. The van der Waals surface area contributed by atoms with E-state index in [0.717, 1.165) is 26.6 Å². The molecular formula is C23H25ClN2O2S. The van der Waals surface area contributed by atoms with Crippen molar-refractivity contribution in [3.63, 3.8) is 0 Å². The molecule has 0 aliphatic carbocycles. The molecule has 6 heteroatoms. The Morgan fingerprint density at radius 1 is 1.14 bits per heavy atom. The van der Waals surface area contributed by atoms with Crippen LogP contribution in [0.15, 0.2) is 58.3 Å². The molecule has 0 aliphatic heterocycles. The highest BCUT2D eigenvalue weighted by molar-refractivity contribution is 7.99. The Balaban J connectivity index is 1.92. The minimum atomic E-state index is -0.331. The number of rotatable bonds is 5. The second-order valence-corrected chi connectivity index (χ2v) is 9.52. The summed E-state index contributed by atoms with van der Waals surface area (Å²) < 4.78 is 7.66. The van der Waals surface area contributed by atoms with Gasteiger partial charge in [0.2, 0.25) is 5.88 Å². The molecule has 3 aromatic rings. The molecule has 2 aromatic carbocycles. The molecular weight excluding hydrogens is 404 g/mol. The SMILES string of the molecule is Cc1cccc(CC(=O)Oc2c(Sc3ccc(Cl)cc3)c(C)nn2C(C)(C)C)c1. The molecule has 1 aromatic heterocycles. The van der Waals surface area contributed by atoms with E-state index in [1.807, 2.05) is 83.1 Å². The van der Waals surface area contributed by atoms with E-state index in [9.17, 15) is 4.79 Å². The summed E-state index contributed by atoms with van der Waals surface area (Å²) in [5, 5.41) is 5.34. The third-order valence-corrected chi connectivity index (χ3v) is 5.71. The van der Waals surface area contributed by atoms with E-state index in [2.05, 4.69) is 5.10 Å². The second-order valence-electron chi connectivity index (χ2n) is 8.00. The number of hydrogen-bond donors (Lipinski definition) is 0. The summed E-state index contributed by atoms with van der Waals surface area (Å²) in [7, 11) is 0. The highest BCUT2D eigenvalue weighted by Gasteiger charge is 2.27. The maximum Gasteiger partial charge on any atom is 0.317 e. The van der Waals surface area contributed by atoms with Gasteiger partial charge in [0.15, 0.2) is 0 Å². The van der Waals surface area contributed by atoms with Gasteiger partial charge in [-0.1, -0.05) is 53.2 Å². The van der Waals surface area contributed by atoms with Crippen LogP contribution in [0.25, 0.3) is 0 Å². The highest BCUT2D eigenvalue weighted by Crippen LogP contribution is 2.40. The van der Waals surface area contributed by atoms with Gasteiger partial charge in [0.1, 0.15) is 0 Å². The van der Waals surface area contributed by atoms with Crippen molar-refractivity contribution in [2.75, 3.05) is 0 Å². The topological polar surface area (TPSA) is 44.1 Å². The number of esters is 1. The van der Waals surface area contributed by atoms with Crippen molar-refractivity contribution in [2.24, 2.45) is 0 Å². The Labute approximate surface area is 181 Å². The second kappa shape index (κ2) is 8.64. The van der Waals surface area contributed by atoms with Crippen molar-refractivity contribution in [2.45, 2.75) is 56.4 Å². The Morgan fingerprint density at radius 3 is 2.45 bits per heavy atom. The standard InChI is InChI=1S/C23H25ClN2O2S/c1-15-7-6-8-17(13-15)14-20(27)28-22-21(16(2)25-26(22)23(3,4)5)29-19-11-9-18(24)10-12-19/h6-13H,14H2,1-5H3. The summed E-state index contributed by atoms with van der Waals surface area (Å²) in [6.45, 7) is 10.0. The van der Waals surface area contributed by atoms with E-state index in [-0.39, 0.29) is 17.9 Å². The van der Waals surface area contributed by atoms with Gasteiger partial charge in [0.05, 0.1) is 22.5 Å². The van der Waals surface area contributed by atoms with E-state index in [4.69, 9.17) is 16.3 Å². The Kier molecular flexibility index (Phi) is 6.39. The summed E-state index contributed by atoms with van der Waals surface area (Å²) in [5.74, 6) is 0.173. The van der Waals surface area contributed by atoms with Gasteiger partial charge in [-0.3, -0.25) is 4.79 Å². The molecule has 4 nitrogen and oxygen atoms in total. The highest BCUT2D eigenvalue weighted by atomic mass is 35.5. The summed E-state index contributed by atoms with van der Waals surface area (Å²) >= 11 is 7.52. The first-order chi connectivity index (χ1) is 13.6. The minimum absolute atomic E-state index is 0.209. The van der Waals surface area contributed by atoms with Crippen molar-refractivity contribution >= 4 is 29.3 Å². The van der Waals surface area contributed by atoms with Crippen molar-refractivity contribution in [1.82, 2.24) is 9.78 Å². The van der Waals surface area contributed by atoms with Gasteiger partial charge in [0.25, 0.3) is 0 Å². The third kappa shape index (κ3) is 5.43. The zero-order valence-electron chi connectivity index (χ0n) is 17.3. The van der Waals surface area contributed by atoms with Crippen LogP contribution in [0.4, 0.5) is 0 Å². The van der Waals surface area contributed by atoms with Crippen LogP contribution >= 0.6 is 23.4 Å². The normalized spacial score (nSPS) is 11.5. The molecule has 0 saturated carbocycles. The van der Waals surface area contributed by atoms with Crippen LogP contribution in [0.5, 0.6) is 5.88 Å². The first kappa shape index (κ1) is 21.5. The van der Waals surface area contributed by atoms with Gasteiger partial charge >= 0.3 is 5.97 Å². The van der Waals surface area contributed by atoms with Gasteiger partial charge in [-0.05, 0) is 64.4 Å². The molecule has 3 rings (SSSR count). The van der Waals surface area contributed by atoms with E-state index in [1.54, 1.807) is 4.68 Å². The molecule has 29 heavy (non-hydrogen) atoms. The molecule has 0 saturated heterocycles. The lowest BCUT2D eigenvalue weighted by Gasteiger charge is -2.22. The third-order valence-electron chi connectivity index (χ3n) is 4.28. The average Bonchev–Trinajstić information content (AvgIpc) is 2.93. The number of carbonyl (C=O) groups is 1. The quantitative estimate of drug-likeness (QED) is 0.453. The molecule has 0 spiro atoms. The lowest BCUT2D eigenvalue weighted by molar-refractivity contribution is -0.134. The van der Waals surface area contributed by atoms with Crippen LogP contribution in [-0.2, 0) is 16.8 Å². The first-order valence-corrected chi connectivity index (χ1v) is 10.6. The molecule has 1 heterocycles. The lowest BCUT2D eigenvalue weighted by Crippen LogP contribution is -2.26. The number of benzene rings is 2. The van der Waals surface area contributed by atoms with Crippen molar-refractivity contribution in [3.8, 4) is 5.88 Å². The van der Waals surface area contributed by atoms with Crippen LogP contribution in [0.2, 0.25) is 5.02 Å². The number of halogens is 1. The van der Waals surface area contributed by atoms with Gasteiger partial charge in [-0.2, -0.15) is 5.10 Å². The predicted molar refractivity (Wildman–Crippen MR) is 118 cm³/mol. The molecule has 152 valence electrons. The Hall–Kier alpha value is -2.24. The van der Waals surface area contributed by atoms with Crippen LogP contribution in [0.1, 0.15) is 37.6 Å². The maximum absolute atomic E-state index is 12.7. The predicted octanol–water partition coefficient (Wildman–Crippen LogP) is 6.21. The number of nitrogens with zero attached hydrogens (tertiary/aromatic N) is 2. The Bertz CT molecular complexity index is 1020. The summed E-state index contributed by atoms with van der Waals surface area (Å²) in [6, 6.07) is 15.5. The van der Waals surface area contributed by atoms with E-state index >= 15 is 0 Å². The fourth-order valence-corrected chi connectivity index (χ4v) is 3.94. The van der Waals surface area contributed by atoms with E-state index in [1.165, 1.54) is 11.8 Å². The largest absolute Gasteiger partial charge is 0.406 e. The summed E-state index contributed by atoms with van der Waals surface area (Å²) in [4.78, 5) is 14.6. The average molecular weight is 429 g/mol. The fourth-order valence-electron chi connectivity index (χ4n) is 2.91. The van der Waals surface area contributed by atoms with Gasteiger partial charge in [0, 0.05) is 9.92 Å². The molecule has 0 radical (unpaired) electrons. The van der Waals surface area contributed by atoms with E-state index in [0.29, 0.717) is 10.9 Å². The molecule has 0 N–H and O–H groups in total. The van der Waals surface area contributed by atoms with E-state index < -0.39 is 0 Å².